The summed E-state index contributed by atoms with van der Waals surface area (Å²) in [6.07, 6.45) is 2.78. The van der Waals surface area contributed by atoms with E-state index in [-0.39, 0.29) is 18.4 Å². The molecule has 0 aromatic carbocycles. The Bertz CT molecular complexity index is 505. The van der Waals surface area contributed by atoms with Gasteiger partial charge in [-0.15, -0.1) is 0 Å². The number of nitrogens with zero attached hydrogens (tertiary/aromatic N) is 1. The van der Waals surface area contributed by atoms with Crippen molar-refractivity contribution in [3.05, 3.63) is 11.4 Å². The third-order valence-electron chi connectivity index (χ3n) is 4.24. The number of rotatable bonds is 6. The minimum absolute atomic E-state index is 0.0549. The summed E-state index contributed by atoms with van der Waals surface area (Å²) < 4.78 is 31.3. The second-order valence-electron chi connectivity index (χ2n) is 5.76. The molecule has 1 aliphatic rings. The number of aryl methyl sites for hydroxylation is 1. The van der Waals surface area contributed by atoms with Gasteiger partial charge >= 0.3 is 0 Å². The van der Waals surface area contributed by atoms with Crippen LogP contribution >= 0.6 is 0 Å². The number of nitrogens with one attached hydrogen (secondary N) is 2. The molecule has 0 radical (unpaired) electrons. The molecule has 0 saturated heterocycles. The maximum atomic E-state index is 12.8. The molecule has 2 unspecified atom stereocenters. The Morgan fingerprint density at radius 2 is 2.18 bits per heavy atom. The highest BCUT2D eigenvalue weighted by Crippen LogP contribution is 2.30. The number of carbonyl (C=O) groups excluding carboxylic acids is 1. The van der Waals surface area contributed by atoms with Crippen LogP contribution in [-0.2, 0) is 9.53 Å². The molecule has 22 heavy (non-hydrogen) atoms. The Hall–Kier alpha value is -1.50. The van der Waals surface area contributed by atoms with Crippen LogP contribution in [0, 0.1) is 12.8 Å². The number of hydrogen-bond acceptors (Lipinski definition) is 3. The van der Waals surface area contributed by atoms with Crippen molar-refractivity contribution in [3.8, 4) is 0 Å². The summed E-state index contributed by atoms with van der Waals surface area (Å²) in [7, 11) is 0. The fourth-order valence-corrected chi connectivity index (χ4v) is 2.98. The molecule has 1 aromatic heterocycles. The van der Waals surface area contributed by atoms with E-state index in [2.05, 4.69) is 22.4 Å². The van der Waals surface area contributed by atoms with Gasteiger partial charge in [0.2, 0.25) is 5.91 Å². The molecule has 1 aliphatic carbocycles. The molecular weight excluding hydrogens is 292 g/mol. The van der Waals surface area contributed by atoms with Crippen molar-refractivity contribution in [2.24, 2.45) is 5.92 Å². The van der Waals surface area contributed by atoms with Crippen LogP contribution in [0.1, 0.15) is 56.8 Å². The zero-order chi connectivity index (χ0) is 16.1. The first kappa shape index (κ1) is 16.9. The van der Waals surface area contributed by atoms with Crippen molar-refractivity contribution in [3.63, 3.8) is 0 Å². The van der Waals surface area contributed by atoms with Gasteiger partial charge in [0, 0.05) is 0 Å². The van der Waals surface area contributed by atoms with Gasteiger partial charge < -0.3 is 10.1 Å². The molecule has 1 heterocycles. The SMILES string of the molecule is CCC1CCCCC1OCC(=O)Nc1c(C(F)F)n[nH]c1C. The summed E-state index contributed by atoms with van der Waals surface area (Å²) in [6.45, 7) is 3.59. The van der Waals surface area contributed by atoms with E-state index < -0.39 is 18.0 Å². The third kappa shape index (κ3) is 4.03. The van der Waals surface area contributed by atoms with E-state index in [4.69, 9.17) is 4.74 Å². The van der Waals surface area contributed by atoms with E-state index in [1.807, 2.05) is 0 Å². The number of amides is 1. The summed E-state index contributed by atoms with van der Waals surface area (Å²) in [4.78, 5) is 12.0. The number of aromatic amines is 1. The summed E-state index contributed by atoms with van der Waals surface area (Å²) in [5.74, 6) is 0.0562. The average molecular weight is 315 g/mol. The lowest BCUT2D eigenvalue weighted by Crippen LogP contribution is -2.31. The van der Waals surface area contributed by atoms with Gasteiger partial charge in [0.15, 0.2) is 5.69 Å². The van der Waals surface area contributed by atoms with E-state index in [0.717, 1.165) is 25.7 Å². The van der Waals surface area contributed by atoms with Crippen molar-refractivity contribution < 1.29 is 18.3 Å². The molecule has 0 spiro atoms. The van der Waals surface area contributed by atoms with E-state index in [1.165, 1.54) is 6.42 Å². The Morgan fingerprint density at radius 1 is 1.45 bits per heavy atom. The van der Waals surface area contributed by atoms with Crippen LogP contribution in [0.3, 0.4) is 0 Å². The molecule has 1 aromatic rings. The van der Waals surface area contributed by atoms with Gasteiger partial charge in [0.1, 0.15) is 6.61 Å². The molecule has 2 N–H and O–H groups in total. The average Bonchev–Trinajstić information content (AvgIpc) is 2.86. The highest BCUT2D eigenvalue weighted by atomic mass is 19.3. The molecule has 2 rings (SSSR count). The second kappa shape index (κ2) is 7.67. The monoisotopic (exact) mass is 315 g/mol. The molecule has 7 heteroatoms. The molecule has 0 aliphatic heterocycles. The van der Waals surface area contributed by atoms with Crippen molar-refractivity contribution >= 4 is 11.6 Å². The Morgan fingerprint density at radius 3 is 2.86 bits per heavy atom. The first-order chi connectivity index (χ1) is 10.5. The van der Waals surface area contributed by atoms with Gasteiger partial charge in [-0.2, -0.15) is 5.10 Å². The number of alkyl halides is 2. The van der Waals surface area contributed by atoms with Crippen LogP contribution in [0.15, 0.2) is 0 Å². The fraction of sp³-hybridized carbons (Fsp3) is 0.733. The lowest BCUT2D eigenvalue weighted by molar-refractivity contribution is -0.124. The Labute approximate surface area is 128 Å². The van der Waals surface area contributed by atoms with Crippen LogP contribution in [0.2, 0.25) is 0 Å². The Balaban J connectivity index is 1.89. The quantitative estimate of drug-likeness (QED) is 0.843. The fourth-order valence-electron chi connectivity index (χ4n) is 2.98. The highest BCUT2D eigenvalue weighted by Gasteiger charge is 2.26. The molecule has 2 atom stereocenters. The number of halogens is 2. The number of ether oxygens (including phenoxy) is 1. The summed E-state index contributed by atoms with van der Waals surface area (Å²) in [5.41, 5.74) is 0.0296. The van der Waals surface area contributed by atoms with Crippen LogP contribution in [0.25, 0.3) is 0 Å². The number of anilines is 1. The molecule has 0 bridgehead atoms. The van der Waals surface area contributed by atoms with E-state index >= 15 is 0 Å². The topological polar surface area (TPSA) is 67.0 Å². The summed E-state index contributed by atoms with van der Waals surface area (Å²) in [5, 5.41) is 8.45. The zero-order valence-corrected chi connectivity index (χ0v) is 13.0. The minimum atomic E-state index is -2.73. The number of carbonyl (C=O) groups is 1. The molecule has 1 saturated carbocycles. The van der Waals surface area contributed by atoms with Crippen LogP contribution < -0.4 is 5.32 Å². The largest absolute Gasteiger partial charge is 0.368 e. The van der Waals surface area contributed by atoms with Gasteiger partial charge in [-0.1, -0.05) is 26.2 Å². The van der Waals surface area contributed by atoms with Crippen LogP contribution in [0.5, 0.6) is 0 Å². The van der Waals surface area contributed by atoms with Gasteiger partial charge in [0.05, 0.1) is 17.5 Å². The molecule has 1 amide bonds. The minimum Gasteiger partial charge on any atom is -0.368 e. The lowest BCUT2D eigenvalue weighted by atomic mass is 9.85. The number of aromatic nitrogens is 2. The van der Waals surface area contributed by atoms with Crippen LogP contribution in [-0.4, -0.2) is 28.8 Å². The number of hydrogen-bond donors (Lipinski definition) is 2. The van der Waals surface area contributed by atoms with Crippen molar-refractivity contribution in [2.45, 2.75) is 58.5 Å². The van der Waals surface area contributed by atoms with E-state index in [9.17, 15) is 13.6 Å². The Kier molecular flexibility index (Phi) is 5.88. The van der Waals surface area contributed by atoms with Crippen LogP contribution in [0.4, 0.5) is 14.5 Å². The standard InChI is InChI=1S/C15H23F2N3O2/c1-3-10-6-4-5-7-11(10)22-8-12(21)18-13-9(2)19-20-14(13)15(16)17/h10-11,15H,3-8H2,1-2H3,(H,18,21)(H,19,20). The molecular formula is C15H23F2N3O2. The summed E-state index contributed by atoms with van der Waals surface area (Å²) in [6, 6.07) is 0. The maximum Gasteiger partial charge on any atom is 0.284 e. The number of H-pyrrole nitrogens is 1. The van der Waals surface area contributed by atoms with Crippen molar-refractivity contribution in [1.29, 1.82) is 0 Å². The third-order valence-corrected chi connectivity index (χ3v) is 4.24. The molecule has 1 fully saturated rings. The highest BCUT2D eigenvalue weighted by molar-refractivity contribution is 5.92. The van der Waals surface area contributed by atoms with Gasteiger partial charge in [-0.3, -0.25) is 9.89 Å². The predicted molar refractivity (Wildman–Crippen MR) is 78.9 cm³/mol. The predicted octanol–water partition coefficient (Wildman–Crippen LogP) is 3.58. The van der Waals surface area contributed by atoms with Crippen molar-refractivity contribution in [1.82, 2.24) is 10.2 Å². The molecule has 124 valence electrons. The van der Waals surface area contributed by atoms with E-state index in [1.54, 1.807) is 6.92 Å². The van der Waals surface area contributed by atoms with Gasteiger partial charge in [-0.25, -0.2) is 8.78 Å². The zero-order valence-electron chi connectivity index (χ0n) is 13.0. The normalized spacial score (nSPS) is 22.0. The van der Waals surface area contributed by atoms with E-state index in [0.29, 0.717) is 11.6 Å². The van der Waals surface area contributed by atoms with Crippen molar-refractivity contribution in [2.75, 3.05) is 11.9 Å². The smallest absolute Gasteiger partial charge is 0.284 e. The van der Waals surface area contributed by atoms with Gasteiger partial charge in [0.25, 0.3) is 6.43 Å². The molecule has 5 nitrogen and oxygen atoms in total. The lowest BCUT2D eigenvalue weighted by Gasteiger charge is -2.30. The first-order valence-corrected chi connectivity index (χ1v) is 7.77. The van der Waals surface area contributed by atoms with Gasteiger partial charge in [-0.05, 0) is 25.7 Å². The summed E-state index contributed by atoms with van der Waals surface area (Å²) >= 11 is 0. The first-order valence-electron chi connectivity index (χ1n) is 7.77. The second-order valence-corrected chi connectivity index (χ2v) is 5.76. The maximum absolute atomic E-state index is 12.8.